The second-order valence-corrected chi connectivity index (χ2v) is 6.21. The summed E-state index contributed by atoms with van der Waals surface area (Å²) in [6, 6.07) is 4.82. The largest absolute Gasteiger partial charge is 0.471 e. The van der Waals surface area contributed by atoms with Crippen molar-refractivity contribution in [2.75, 3.05) is 14.2 Å². The average Bonchev–Trinajstić information content (AvgIpc) is 3.32. The highest BCUT2D eigenvalue weighted by Gasteiger charge is 2.38. The van der Waals surface area contributed by atoms with E-state index in [-0.39, 0.29) is 18.3 Å². The summed E-state index contributed by atoms with van der Waals surface area (Å²) >= 11 is 1.17. The zero-order valence-electron chi connectivity index (χ0n) is 13.5. The monoisotopic (exact) mass is 387 g/mol. The highest BCUT2D eigenvalue weighted by Crippen LogP contribution is 2.31. The Kier molecular flexibility index (Phi) is 4.78. The molecule has 138 valence electrons. The standard InChI is InChI=1S/C14H12F3N5O3S/c1-21(24-2)12(23)9-5-6-18-22(9)7-8-3-4-10(26-8)11-19-13(25-20-11)14(15,16)17/h3-6H,7H2,1-2H3. The van der Waals surface area contributed by atoms with Crippen LogP contribution in [-0.4, -0.2) is 45.0 Å². The Balaban J connectivity index is 1.79. The van der Waals surface area contributed by atoms with Crippen LogP contribution in [0, 0.1) is 0 Å². The number of aromatic nitrogens is 4. The molecule has 0 N–H and O–H groups in total. The van der Waals surface area contributed by atoms with Crippen LogP contribution in [-0.2, 0) is 17.6 Å². The Morgan fingerprint density at radius 3 is 2.81 bits per heavy atom. The van der Waals surface area contributed by atoms with E-state index < -0.39 is 12.1 Å². The molecule has 0 saturated heterocycles. The van der Waals surface area contributed by atoms with Gasteiger partial charge in [0.25, 0.3) is 5.91 Å². The lowest BCUT2D eigenvalue weighted by Gasteiger charge is -2.14. The molecule has 0 spiro atoms. The van der Waals surface area contributed by atoms with E-state index in [4.69, 9.17) is 4.84 Å². The van der Waals surface area contributed by atoms with Crippen LogP contribution in [0.1, 0.15) is 21.3 Å². The molecule has 26 heavy (non-hydrogen) atoms. The predicted octanol–water partition coefficient (Wildman–Crippen LogP) is 2.70. The number of thiophene rings is 1. The number of hydrogen-bond acceptors (Lipinski definition) is 7. The fourth-order valence-corrected chi connectivity index (χ4v) is 2.97. The predicted molar refractivity (Wildman–Crippen MR) is 83.0 cm³/mol. The number of amides is 1. The second-order valence-electron chi connectivity index (χ2n) is 5.05. The molecule has 12 heteroatoms. The molecule has 0 atom stereocenters. The van der Waals surface area contributed by atoms with Crippen LogP contribution in [0.3, 0.4) is 0 Å². The lowest BCUT2D eigenvalue weighted by atomic mass is 10.3. The minimum atomic E-state index is -4.69. The van der Waals surface area contributed by atoms with E-state index in [1.54, 1.807) is 18.2 Å². The molecule has 3 aromatic heterocycles. The Labute approximate surface area is 148 Å². The van der Waals surface area contributed by atoms with E-state index in [2.05, 4.69) is 19.8 Å². The fraction of sp³-hybridized carbons (Fsp3) is 0.286. The molecule has 3 aromatic rings. The SMILES string of the molecule is CON(C)C(=O)c1ccnn1Cc1ccc(-c2noc(C(F)(F)F)n2)s1. The fourth-order valence-electron chi connectivity index (χ4n) is 2.05. The number of alkyl halides is 3. The first-order chi connectivity index (χ1) is 12.3. The van der Waals surface area contributed by atoms with Crippen molar-refractivity contribution in [2.45, 2.75) is 12.7 Å². The van der Waals surface area contributed by atoms with Gasteiger partial charge >= 0.3 is 12.1 Å². The lowest BCUT2D eigenvalue weighted by molar-refractivity contribution is -0.159. The Morgan fingerprint density at radius 1 is 1.38 bits per heavy atom. The highest BCUT2D eigenvalue weighted by molar-refractivity contribution is 7.15. The van der Waals surface area contributed by atoms with Crippen molar-refractivity contribution >= 4 is 17.2 Å². The average molecular weight is 387 g/mol. The maximum absolute atomic E-state index is 12.5. The van der Waals surface area contributed by atoms with Crippen LogP contribution in [0.4, 0.5) is 13.2 Å². The van der Waals surface area contributed by atoms with Crippen molar-refractivity contribution in [2.24, 2.45) is 0 Å². The molecule has 8 nitrogen and oxygen atoms in total. The van der Waals surface area contributed by atoms with Gasteiger partial charge in [-0.2, -0.15) is 23.3 Å². The maximum Gasteiger partial charge on any atom is 0.471 e. The van der Waals surface area contributed by atoms with Crippen LogP contribution in [0.2, 0.25) is 0 Å². The summed E-state index contributed by atoms with van der Waals surface area (Å²) in [7, 11) is 2.83. The van der Waals surface area contributed by atoms with Gasteiger partial charge in [-0.25, -0.2) is 5.06 Å². The van der Waals surface area contributed by atoms with Crippen LogP contribution < -0.4 is 0 Å². The smallest absolute Gasteiger partial charge is 0.329 e. The van der Waals surface area contributed by atoms with Gasteiger partial charge in [0.1, 0.15) is 5.69 Å². The van der Waals surface area contributed by atoms with Crippen LogP contribution in [0.15, 0.2) is 28.9 Å². The second kappa shape index (κ2) is 6.88. The minimum Gasteiger partial charge on any atom is -0.329 e. The third-order valence-corrected chi connectivity index (χ3v) is 4.42. The summed E-state index contributed by atoms with van der Waals surface area (Å²) in [4.78, 5) is 21.5. The summed E-state index contributed by atoms with van der Waals surface area (Å²) in [5.41, 5.74) is 0.309. The van der Waals surface area contributed by atoms with Gasteiger partial charge in [0.15, 0.2) is 0 Å². The Morgan fingerprint density at radius 2 is 2.15 bits per heavy atom. The number of carbonyl (C=O) groups is 1. The summed E-state index contributed by atoms with van der Waals surface area (Å²) in [5.74, 6) is -1.93. The molecule has 1 amide bonds. The van der Waals surface area contributed by atoms with E-state index in [0.29, 0.717) is 10.6 Å². The van der Waals surface area contributed by atoms with Crippen molar-refractivity contribution in [3.8, 4) is 10.7 Å². The van der Waals surface area contributed by atoms with Crippen molar-refractivity contribution in [1.29, 1.82) is 0 Å². The molecule has 0 fully saturated rings. The lowest BCUT2D eigenvalue weighted by Crippen LogP contribution is -2.28. The normalized spacial score (nSPS) is 11.7. The van der Waals surface area contributed by atoms with Gasteiger partial charge in [0, 0.05) is 18.1 Å². The zero-order valence-corrected chi connectivity index (χ0v) is 14.3. The Hall–Kier alpha value is -2.73. The molecule has 0 unspecified atom stereocenters. The number of hydroxylamine groups is 2. The molecule has 0 saturated carbocycles. The van der Waals surface area contributed by atoms with Crippen molar-refractivity contribution in [3.63, 3.8) is 0 Å². The third-order valence-electron chi connectivity index (χ3n) is 3.35. The summed E-state index contributed by atoms with van der Waals surface area (Å²) in [5, 5.41) is 8.50. The summed E-state index contributed by atoms with van der Waals surface area (Å²) in [6.07, 6.45) is -3.22. The first kappa shape index (κ1) is 18.1. The van der Waals surface area contributed by atoms with Crippen molar-refractivity contribution < 1.29 is 27.3 Å². The van der Waals surface area contributed by atoms with Gasteiger partial charge in [-0.1, -0.05) is 5.16 Å². The van der Waals surface area contributed by atoms with E-state index in [0.717, 1.165) is 9.94 Å². The van der Waals surface area contributed by atoms with Crippen LogP contribution >= 0.6 is 11.3 Å². The molecule has 0 bridgehead atoms. The van der Waals surface area contributed by atoms with Gasteiger partial charge in [0.05, 0.1) is 18.5 Å². The minimum absolute atomic E-state index is 0.149. The number of hydrogen-bond donors (Lipinski definition) is 0. The van der Waals surface area contributed by atoms with E-state index >= 15 is 0 Å². The molecule has 0 aliphatic heterocycles. The maximum atomic E-state index is 12.5. The topological polar surface area (TPSA) is 86.3 Å². The van der Waals surface area contributed by atoms with Gasteiger partial charge in [0.2, 0.25) is 5.82 Å². The number of nitrogens with zero attached hydrogens (tertiary/aromatic N) is 5. The Bertz CT molecular complexity index is 917. The first-order valence-electron chi connectivity index (χ1n) is 7.13. The van der Waals surface area contributed by atoms with Crippen molar-refractivity contribution in [1.82, 2.24) is 25.0 Å². The van der Waals surface area contributed by atoms with Crippen LogP contribution in [0.25, 0.3) is 10.7 Å². The molecular weight excluding hydrogens is 375 g/mol. The molecule has 0 aliphatic rings. The van der Waals surface area contributed by atoms with E-state index in [1.807, 2.05) is 0 Å². The van der Waals surface area contributed by atoms with Gasteiger partial charge < -0.3 is 4.52 Å². The number of halogens is 3. The highest BCUT2D eigenvalue weighted by atomic mass is 32.1. The van der Waals surface area contributed by atoms with Crippen molar-refractivity contribution in [3.05, 3.63) is 40.9 Å². The molecule has 0 radical (unpaired) electrons. The number of rotatable bonds is 5. The molecule has 0 aliphatic carbocycles. The first-order valence-corrected chi connectivity index (χ1v) is 7.95. The molecular formula is C14H12F3N5O3S. The van der Waals surface area contributed by atoms with E-state index in [1.165, 1.54) is 36.4 Å². The molecule has 0 aromatic carbocycles. The molecule has 3 heterocycles. The summed E-state index contributed by atoms with van der Waals surface area (Å²) in [6.45, 7) is 0.250. The number of carbonyl (C=O) groups excluding carboxylic acids is 1. The van der Waals surface area contributed by atoms with E-state index in [9.17, 15) is 18.0 Å². The van der Waals surface area contributed by atoms with Gasteiger partial charge in [-0.15, -0.1) is 11.3 Å². The quantitative estimate of drug-likeness (QED) is 0.626. The third kappa shape index (κ3) is 3.60. The summed E-state index contributed by atoms with van der Waals surface area (Å²) < 4.78 is 43.3. The zero-order chi connectivity index (χ0) is 18.9. The molecule has 3 rings (SSSR count). The van der Waals surface area contributed by atoms with Gasteiger partial charge in [-0.3, -0.25) is 14.3 Å². The van der Waals surface area contributed by atoms with Gasteiger partial charge in [-0.05, 0) is 18.2 Å². The van der Waals surface area contributed by atoms with Crippen LogP contribution in [0.5, 0.6) is 0 Å².